The van der Waals surface area contributed by atoms with Crippen molar-refractivity contribution in [2.24, 2.45) is 0 Å². The Bertz CT molecular complexity index is 1650. The number of benzene rings is 1. The molecule has 6 rings (SSSR count). The molecule has 2 aliphatic rings. The minimum atomic E-state index is -3.03. The van der Waals surface area contributed by atoms with Gasteiger partial charge >= 0.3 is 6.61 Å². The number of hydrogen-bond donors (Lipinski definition) is 1. The van der Waals surface area contributed by atoms with Gasteiger partial charge < -0.3 is 19.5 Å². The number of carbonyl (C=O) groups excluding carboxylic acids is 1. The number of nitrogens with one attached hydrogen (secondary N) is 1. The second kappa shape index (κ2) is 10.3. The fourth-order valence-electron chi connectivity index (χ4n) is 4.76. The molecule has 3 aromatic heterocycles. The van der Waals surface area contributed by atoms with Crippen molar-refractivity contribution in [1.82, 2.24) is 25.1 Å². The Kier molecular flexibility index (Phi) is 6.61. The first-order valence-corrected chi connectivity index (χ1v) is 12.6. The summed E-state index contributed by atoms with van der Waals surface area (Å²) in [5.74, 6) is -0.515. The molecule has 0 aliphatic carbocycles. The van der Waals surface area contributed by atoms with Crippen LogP contribution in [-0.4, -0.2) is 52.1 Å². The van der Waals surface area contributed by atoms with Gasteiger partial charge in [0.15, 0.2) is 0 Å². The number of fused-ring (bicyclic) bond motifs is 2. The third kappa shape index (κ3) is 4.85. The molecule has 1 saturated heterocycles. The van der Waals surface area contributed by atoms with E-state index >= 15 is 0 Å². The average molecular weight is 547 g/mol. The van der Waals surface area contributed by atoms with Crippen molar-refractivity contribution in [3.05, 3.63) is 71.2 Å². The molecular formula is C28H24F2N6O4. The summed E-state index contributed by atoms with van der Waals surface area (Å²) < 4.78 is 43.1. The summed E-state index contributed by atoms with van der Waals surface area (Å²) in [6, 6.07) is 12.7. The lowest BCUT2D eigenvalue weighted by Gasteiger charge is -2.30. The van der Waals surface area contributed by atoms with E-state index in [1.54, 1.807) is 54.3 Å². The Labute approximate surface area is 227 Å². The molecule has 0 saturated carbocycles. The van der Waals surface area contributed by atoms with Crippen molar-refractivity contribution >= 4 is 16.8 Å². The Morgan fingerprint density at radius 2 is 2.12 bits per heavy atom. The summed E-state index contributed by atoms with van der Waals surface area (Å²) in [5.41, 5.74) is 3.16. The number of amides is 1. The smallest absolute Gasteiger partial charge is 0.388 e. The number of pyridine rings is 2. The summed E-state index contributed by atoms with van der Waals surface area (Å²) in [6.45, 7) is 0.450. The van der Waals surface area contributed by atoms with E-state index in [9.17, 15) is 18.8 Å². The molecular weight excluding hydrogens is 522 g/mol. The van der Waals surface area contributed by atoms with E-state index in [2.05, 4.69) is 31.2 Å². The molecule has 40 heavy (non-hydrogen) atoms. The maximum atomic E-state index is 13.1. The Morgan fingerprint density at radius 1 is 1.27 bits per heavy atom. The van der Waals surface area contributed by atoms with Crippen LogP contribution in [0.15, 0.2) is 48.8 Å². The number of nitrogens with zero attached hydrogens (tertiary/aromatic N) is 5. The zero-order valence-electron chi connectivity index (χ0n) is 21.4. The molecule has 1 aromatic carbocycles. The zero-order chi connectivity index (χ0) is 27.9. The number of rotatable bonds is 7. The molecule has 0 bridgehead atoms. The number of hydrogen-bond acceptors (Lipinski definition) is 8. The fraction of sp³-hybridized carbons (Fsp3) is 0.321. The van der Waals surface area contributed by atoms with Crippen LogP contribution < -0.4 is 10.1 Å². The van der Waals surface area contributed by atoms with Gasteiger partial charge in [-0.05, 0) is 48.4 Å². The van der Waals surface area contributed by atoms with Gasteiger partial charge in [0.2, 0.25) is 5.88 Å². The number of alkyl halides is 2. The van der Waals surface area contributed by atoms with Gasteiger partial charge in [0.25, 0.3) is 5.91 Å². The normalized spacial score (nSPS) is 18.7. The van der Waals surface area contributed by atoms with Crippen LogP contribution in [0.2, 0.25) is 0 Å². The van der Waals surface area contributed by atoms with Crippen LogP contribution in [0.3, 0.4) is 0 Å². The highest BCUT2D eigenvalue weighted by Crippen LogP contribution is 2.34. The second-order valence-corrected chi connectivity index (χ2v) is 9.95. The molecule has 0 radical (unpaired) electrons. The van der Waals surface area contributed by atoms with Crippen LogP contribution in [0.5, 0.6) is 5.88 Å². The molecule has 1 atom stereocenters. The molecule has 204 valence electrons. The van der Waals surface area contributed by atoms with E-state index < -0.39 is 12.0 Å². The third-order valence-corrected chi connectivity index (χ3v) is 7.09. The minimum Gasteiger partial charge on any atom is -0.415 e. The van der Waals surface area contributed by atoms with E-state index in [4.69, 9.17) is 9.47 Å². The highest BCUT2D eigenvalue weighted by Gasteiger charge is 2.33. The van der Waals surface area contributed by atoms with Crippen molar-refractivity contribution in [1.29, 1.82) is 5.26 Å². The first-order valence-electron chi connectivity index (χ1n) is 12.6. The van der Waals surface area contributed by atoms with Crippen LogP contribution in [-0.2, 0) is 28.0 Å². The molecule has 10 nitrogen and oxygen atoms in total. The summed E-state index contributed by atoms with van der Waals surface area (Å²) in [5, 5.41) is 17.4. The average Bonchev–Trinajstić information content (AvgIpc) is 3.32. The topological polar surface area (TPSA) is 124 Å². The maximum absolute atomic E-state index is 13.1. The van der Waals surface area contributed by atoms with Gasteiger partial charge in [0, 0.05) is 23.3 Å². The van der Waals surface area contributed by atoms with Crippen molar-refractivity contribution < 1.29 is 27.8 Å². The lowest BCUT2D eigenvalue weighted by Crippen LogP contribution is -2.33. The zero-order valence-corrected chi connectivity index (χ0v) is 21.4. The molecule has 5 heterocycles. The van der Waals surface area contributed by atoms with Crippen LogP contribution in [0.4, 0.5) is 8.78 Å². The lowest BCUT2D eigenvalue weighted by atomic mass is 9.79. The number of aromatic nitrogens is 4. The van der Waals surface area contributed by atoms with Crippen LogP contribution in [0.25, 0.3) is 22.2 Å². The predicted molar refractivity (Wildman–Crippen MR) is 137 cm³/mol. The molecule has 1 amide bonds. The lowest BCUT2D eigenvalue weighted by molar-refractivity contribution is -0.0554. The van der Waals surface area contributed by atoms with E-state index in [-0.39, 0.29) is 31.0 Å². The van der Waals surface area contributed by atoms with Gasteiger partial charge in [-0.25, -0.2) is 4.98 Å². The number of halogens is 2. The Hall–Kier alpha value is -4.47. The Morgan fingerprint density at radius 3 is 2.88 bits per heavy atom. The van der Waals surface area contributed by atoms with E-state index in [1.807, 2.05) is 6.07 Å². The molecule has 1 N–H and O–H groups in total. The molecule has 4 aromatic rings. The van der Waals surface area contributed by atoms with Crippen molar-refractivity contribution in [3.63, 3.8) is 0 Å². The van der Waals surface area contributed by atoms with E-state index in [0.717, 1.165) is 16.5 Å². The van der Waals surface area contributed by atoms with Crippen molar-refractivity contribution in [2.75, 3.05) is 19.8 Å². The summed E-state index contributed by atoms with van der Waals surface area (Å²) >= 11 is 0. The van der Waals surface area contributed by atoms with Gasteiger partial charge in [0.1, 0.15) is 5.41 Å². The molecule has 0 unspecified atom stereocenters. The number of nitriles is 1. The first-order chi connectivity index (χ1) is 19.3. The van der Waals surface area contributed by atoms with Gasteiger partial charge in [-0.15, -0.1) is 5.10 Å². The van der Waals surface area contributed by atoms with Gasteiger partial charge in [0.05, 0.1) is 67.6 Å². The van der Waals surface area contributed by atoms with Crippen molar-refractivity contribution in [3.8, 4) is 23.2 Å². The van der Waals surface area contributed by atoms with E-state index in [1.165, 1.54) is 0 Å². The Balaban J connectivity index is 1.22. The third-order valence-electron chi connectivity index (χ3n) is 7.09. The summed E-state index contributed by atoms with van der Waals surface area (Å²) in [7, 11) is 0. The summed E-state index contributed by atoms with van der Waals surface area (Å²) in [6.07, 6.45) is 3.26. The maximum Gasteiger partial charge on any atom is 0.388 e. The molecule has 1 fully saturated rings. The monoisotopic (exact) mass is 546 g/mol. The van der Waals surface area contributed by atoms with Crippen LogP contribution in [0.1, 0.15) is 40.1 Å². The van der Waals surface area contributed by atoms with Crippen LogP contribution >= 0.6 is 0 Å². The largest absolute Gasteiger partial charge is 0.415 e. The SMILES string of the molecule is C[C@@]1(C#N)COCc2ccc(C(=O)NCc3cc4nc(-c5cn(C6COC6)nc5OC(F)F)ccc4cn3)cc21. The number of ether oxygens (including phenoxy) is 3. The standard InChI is InChI=1S/C28H24F2N6O4/c1-28(14-31)15-39-11-18-3-2-16(6-22(18)28)25(37)33-9-19-7-24-17(8-32-19)4-5-23(34-24)21-10-36(20-12-38-13-20)35-26(21)40-27(29)30/h2-8,10,20,27H,9,11-13,15H2,1H3,(H,33,37)/t28-/m1/s1. The minimum absolute atomic E-state index is 0.0502. The highest BCUT2D eigenvalue weighted by molar-refractivity contribution is 5.94. The van der Waals surface area contributed by atoms with Crippen molar-refractivity contribution in [2.45, 2.75) is 38.1 Å². The quantitative estimate of drug-likeness (QED) is 0.370. The molecule has 0 spiro atoms. The highest BCUT2D eigenvalue weighted by atomic mass is 19.3. The molecule has 2 aliphatic heterocycles. The fourth-order valence-corrected chi connectivity index (χ4v) is 4.76. The summed E-state index contributed by atoms with van der Waals surface area (Å²) in [4.78, 5) is 22.0. The van der Waals surface area contributed by atoms with Crippen LogP contribution in [0, 0.1) is 11.3 Å². The predicted octanol–water partition coefficient (Wildman–Crippen LogP) is 3.91. The van der Waals surface area contributed by atoms with Gasteiger partial charge in [-0.1, -0.05) is 6.07 Å². The van der Waals surface area contributed by atoms with Gasteiger partial charge in [-0.2, -0.15) is 14.0 Å². The first kappa shape index (κ1) is 25.8. The molecule has 12 heteroatoms. The van der Waals surface area contributed by atoms with Gasteiger partial charge in [-0.3, -0.25) is 14.5 Å². The second-order valence-electron chi connectivity index (χ2n) is 9.95. The number of carbonyl (C=O) groups is 1. The van der Waals surface area contributed by atoms with E-state index in [0.29, 0.717) is 47.9 Å².